The van der Waals surface area contributed by atoms with Crippen LogP contribution in [0.3, 0.4) is 0 Å². The van der Waals surface area contributed by atoms with E-state index in [4.69, 9.17) is 20.6 Å². The second-order valence-electron chi connectivity index (χ2n) is 8.75. The van der Waals surface area contributed by atoms with Gasteiger partial charge in [0.05, 0.1) is 29.9 Å². The molecule has 10 nitrogen and oxygen atoms in total. The van der Waals surface area contributed by atoms with Gasteiger partial charge in [-0.15, -0.1) is 0 Å². The fourth-order valence-electron chi connectivity index (χ4n) is 4.42. The van der Waals surface area contributed by atoms with Gasteiger partial charge in [0.15, 0.2) is 5.82 Å². The third kappa shape index (κ3) is 6.60. The highest BCUT2D eigenvalue weighted by molar-refractivity contribution is 5.94. The van der Waals surface area contributed by atoms with E-state index in [1.165, 1.54) is 0 Å². The summed E-state index contributed by atoms with van der Waals surface area (Å²) in [6, 6.07) is 5.07. The highest BCUT2D eigenvalue weighted by Gasteiger charge is 2.23. The summed E-state index contributed by atoms with van der Waals surface area (Å²) < 4.78 is 25.6. The highest BCUT2D eigenvalue weighted by Crippen LogP contribution is 2.26. The van der Waals surface area contributed by atoms with Crippen LogP contribution in [0.2, 0.25) is 0 Å². The summed E-state index contributed by atoms with van der Waals surface area (Å²) in [4.78, 5) is 27.2. The topological polar surface area (TPSA) is 121 Å². The Morgan fingerprint density at radius 2 is 1.72 bits per heavy atom. The molecule has 0 atom stereocenters. The van der Waals surface area contributed by atoms with E-state index in [2.05, 4.69) is 19.8 Å². The van der Waals surface area contributed by atoms with Crippen LogP contribution in [0.15, 0.2) is 30.6 Å². The quantitative estimate of drug-likeness (QED) is 0.319. The smallest absolute Gasteiger partial charge is 0.313 e. The molecule has 0 bridgehead atoms. The number of hydrogen-bond donors (Lipinski definition) is 2. The van der Waals surface area contributed by atoms with Crippen molar-refractivity contribution in [3.63, 3.8) is 0 Å². The molecule has 4 rings (SSSR count). The Hall–Kier alpha value is -3.47. The standard InChI is InChI=1S/C24H32FN7O3.CH4/c1-34-19-5-7-32(8-6-19)24-28-14-18(15-29-24)30-9-11-31(12-10-30)20-4-2-3-17(23(20)25)16-35-22(33)13-21(26)27;/h2-4,14-15,19H,5-13,16H2,1H3,(H3,26,27);1H4. The summed E-state index contributed by atoms with van der Waals surface area (Å²) in [5, 5.41) is 7.15. The number of nitrogens with one attached hydrogen (secondary N) is 1. The van der Waals surface area contributed by atoms with E-state index in [1.54, 1.807) is 25.3 Å². The molecule has 196 valence electrons. The van der Waals surface area contributed by atoms with Gasteiger partial charge in [-0.1, -0.05) is 19.6 Å². The molecule has 1 aromatic carbocycles. The summed E-state index contributed by atoms with van der Waals surface area (Å²) in [7, 11) is 1.76. The van der Waals surface area contributed by atoms with E-state index >= 15 is 4.39 Å². The van der Waals surface area contributed by atoms with Crippen LogP contribution in [-0.2, 0) is 20.9 Å². The molecule has 0 unspecified atom stereocenters. The van der Waals surface area contributed by atoms with Crippen LogP contribution in [0.1, 0.15) is 32.3 Å². The maximum atomic E-state index is 15.1. The molecule has 0 amide bonds. The van der Waals surface area contributed by atoms with Crippen LogP contribution in [0.25, 0.3) is 0 Å². The molecule has 1 aromatic heterocycles. The number of methoxy groups -OCH3 is 1. The average molecular weight is 502 g/mol. The molecular formula is C25H36FN7O3. The first-order chi connectivity index (χ1) is 16.9. The number of aromatic nitrogens is 2. The van der Waals surface area contributed by atoms with Gasteiger partial charge in [-0.25, -0.2) is 14.4 Å². The van der Waals surface area contributed by atoms with E-state index in [1.807, 2.05) is 17.3 Å². The number of halogens is 1. The molecule has 0 spiro atoms. The predicted molar refractivity (Wildman–Crippen MR) is 138 cm³/mol. The zero-order valence-corrected chi connectivity index (χ0v) is 20.0. The van der Waals surface area contributed by atoms with E-state index in [-0.39, 0.29) is 26.3 Å². The number of hydrogen-bond acceptors (Lipinski definition) is 9. The Morgan fingerprint density at radius 1 is 1.08 bits per heavy atom. The maximum Gasteiger partial charge on any atom is 0.313 e. The van der Waals surface area contributed by atoms with Gasteiger partial charge < -0.3 is 29.9 Å². The number of rotatable bonds is 8. The number of ether oxygens (including phenoxy) is 2. The summed E-state index contributed by atoms with van der Waals surface area (Å²) in [5.41, 5.74) is 6.93. The second-order valence-corrected chi connectivity index (χ2v) is 8.75. The summed E-state index contributed by atoms with van der Waals surface area (Å²) in [5.74, 6) is -0.594. The van der Waals surface area contributed by atoms with Crippen LogP contribution in [0.5, 0.6) is 0 Å². The minimum atomic E-state index is -0.649. The molecule has 11 heteroatoms. The number of carbonyl (C=O) groups excluding carboxylic acids is 1. The Labute approximate surface area is 211 Å². The molecule has 2 saturated heterocycles. The largest absolute Gasteiger partial charge is 0.460 e. The van der Waals surface area contributed by atoms with E-state index in [9.17, 15) is 4.79 Å². The zero-order valence-electron chi connectivity index (χ0n) is 20.0. The minimum Gasteiger partial charge on any atom is -0.460 e. The van der Waals surface area contributed by atoms with Crippen molar-refractivity contribution in [1.29, 1.82) is 5.41 Å². The number of piperazine rings is 1. The van der Waals surface area contributed by atoms with Gasteiger partial charge >= 0.3 is 5.97 Å². The molecule has 0 radical (unpaired) electrons. The summed E-state index contributed by atoms with van der Waals surface area (Å²) in [6.45, 7) is 4.26. The normalized spacial score (nSPS) is 16.4. The predicted octanol–water partition coefficient (Wildman–Crippen LogP) is 2.56. The highest BCUT2D eigenvalue weighted by atomic mass is 19.1. The molecule has 2 aromatic rings. The molecule has 3 heterocycles. The molecule has 2 aliphatic rings. The van der Waals surface area contributed by atoms with Gasteiger partial charge in [0.2, 0.25) is 5.95 Å². The maximum absolute atomic E-state index is 15.1. The first-order valence-corrected chi connectivity index (χ1v) is 11.8. The van der Waals surface area contributed by atoms with Gasteiger partial charge in [-0.2, -0.15) is 0 Å². The van der Waals surface area contributed by atoms with Crippen molar-refractivity contribution in [2.45, 2.75) is 39.4 Å². The fraction of sp³-hybridized carbons (Fsp3) is 0.520. The zero-order chi connectivity index (χ0) is 24.8. The van der Waals surface area contributed by atoms with Gasteiger partial charge in [0.25, 0.3) is 0 Å². The Kier molecular flexibility index (Phi) is 9.40. The monoisotopic (exact) mass is 501 g/mol. The number of nitrogens with zero attached hydrogens (tertiary/aromatic N) is 5. The Morgan fingerprint density at radius 3 is 2.33 bits per heavy atom. The van der Waals surface area contributed by atoms with Crippen LogP contribution in [-0.4, -0.2) is 74.3 Å². The third-order valence-electron chi connectivity index (χ3n) is 6.45. The van der Waals surface area contributed by atoms with Crippen LogP contribution in [0, 0.1) is 11.2 Å². The van der Waals surface area contributed by atoms with E-state index in [0.29, 0.717) is 43.5 Å². The Bertz CT molecular complexity index is 1020. The van der Waals surface area contributed by atoms with Gasteiger partial charge in [0.1, 0.15) is 18.9 Å². The molecule has 3 N–H and O–H groups in total. The van der Waals surface area contributed by atoms with Crippen molar-refractivity contribution in [2.24, 2.45) is 5.73 Å². The minimum absolute atomic E-state index is 0. The lowest BCUT2D eigenvalue weighted by molar-refractivity contribution is -0.143. The SMILES string of the molecule is C.COC1CCN(c2ncc(N3CCN(c4cccc(COC(=O)CC(=N)N)c4F)CC3)cn2)CC1. The van der Waals surface area contributed by atoms with E-state index < -0.39 is 11.8 Å². The second kappa shape index (κ2) is 12.5. The van der Waals surface area contributed by atoms with Gasteiger partial charge in [0, 0.05) is 51.9 Å². The number of nitrogens with two attached hydrogens (primary N) is 1. The number of piperidine rings is 1. The summed E-state index contributed by atoms with van der Waals surface area (Å²) >= 11 is 0. The molecule has 0 aliphatic carbocycles. The first kappa shape index (κ1) is 27.1. The molecular weight excluding hydrogens is 465 g/mol. The van der Waals surface area contributed by atoms with Crippen LogP contribution < -0.4 is 20.4 Å². The molecule has 0 saturated carbocycles. The third-order valence-corrected chi connectivity index (χ3v) is 6.45. The van der Waals surface area contributed by atoms with Crippen molar-refractivity contribution in [3.05, 3.63) is 42.0 Å². The average Bonchev–Trinajstić information content (AvgIpc) is 2.88. The number of benzene rings is 1. The lowest BCUT2D eigenvalue weighted by atomic mass is 10.1. The molecule has 2 aliphatic heterocycles. The van der Waals surface area contributed by atoms with Crippen molar-refractivity contribution in [2.75, 3.05) is 61.1 Å². The lowest BCUT2D eigenvalue weighted by Crippen LogP contribution is -2.47. The number of anilines is 3. The van der Waals surface area contributed by atoms with Crippen molar-refractivity contribution in [1.82, 2.24) is 9.97 Å². The summed E-state index contributed by atoms with van der Waals surface area (Å²) in [6.07, 6.45) is 5.67. The van der Waals surface area contributed by atoms with E-state index in [0.717, 1.165) is 37.6 Å². The molecule has 2 fully saturated rings. The number of esters is 1. The van der Waals surface area contributed by atoms with Crippen molar-refractivity contribution < 1.29 is 18.7 Å². The van der Waals surface area contributed by atoms with Crippen LogP contribution >= 0.6 is 0 Å². The number of carbonyl (C=O) groups is 1. The molecule has 36 heavy (non-hydrogen) atoms. The fourth-order valence-corrected chi connectivity index (χ4v) is 4.42. The van der Waals surface area contributed by atoms with Crippen LogP contribution in [0.4, 0.5) is 21.7 Å². The van der Waals surface area contributed by atoms with Crippen molar-refractivity contribution in [3.8, 4) is 0 Å². The number of amidine groups is 1. The first-order valence-electron chi connectivity index (χ1n) is 11.8. The Balaban J connectivity index is 0.00000361. The van der Waals surface area contributed by atoms with Crippen molar-refractivity contribution >= 4 is 29.1 Å². The van der Waals surface area contributed by atoms with Gasteiger partial charge in [-0.3, -0.25) is 10.2 Å². The lowest BCUT2D eigenvalue weighted by Gasteiger charge is -2.37. The van der Waals surface area contributed by atoms with Gasteiger partial charge in [-0.05, 0) is 18.9 Å².